The van der Waals surface area contributed by atoms with E-state index in [0.29, 0.717) is 12.6 Å². The predicted molar refractivity (Wildman–Crippen MR) is 78.1 cm³/mol. The number of nitrogens with zero attached hydrogens (tertiary/aromatic N) is 3. The summed E-state index contributed by atoms with van der Waals surface area (Å²) in [7, 11) is 1.91. The van der Waals surface area contributed by atoms with E-state index in [9.17, 15) is 9.50 Å². The van der Waals surface area contributed by atoms with Crippen molar-refractivity contribution in [3.63, 3.8) is 0 Å². The summed E-state index contributed by atoms with van der Waals surface area (Å²) in [5.41, 5.74) is 1.95. The third kappa shape index (κ3) is 3.14. The number of aliphatic hydroxyl groups is 1. The van der Waals surface area contributed by atoms with Crippen molar-refractivity contribution < 1.29 is 9.50 Å². The Hall–Kier alpha value is -1.72. The zero-order valence-corrected chi connectivity index (χ0v) is 12.1. The molecule has 1 aromatic heterocycles. The number of aryl methyl sites for hydroxylation is 1. The van der Waals surface area contributed by atoms with E-state index in [1.807, 2.05) is 24.1 Å². The van der Waals surface area contributed by atoms with Crippen LogP contribution in [0.15, 0.2) is 36.7 Å². The lowest BCUT2D eigenvalue weighted by molar-refractivity contribution is 0.106. The van der Waals surface area contributed by atoms with Crippen LogP contribution in [0.5, 0.6) is 0 Å². The van der Waals surface area contributed by atoms with E-state index in [1.54, 1.807) is 12.1 Å². The second-order valence-corrected chi connectivity index (χ2v) is 5.67. The summed E-state index contributed by atoms with van der Waals surface area (Å²) >= 11 is 0. The zero-order chi connectivity index (χ0) is 14.8. The SMILES string of the molecule is Cn1cc(C2CCCN2CC(O)c2ccc(F)cc2)cn1. The van der Waals surface area contributed by atoms with Crippen LogP contribution in [0.25, 0.3) is 0 Å². The van der Waals surface area contributed by atoms with Gasteiger partial charge < -0.3 is 5.11 Å². The molecule has 3 rings (SSSR count). The molecule has 4 nitrogen and oxygen atoms in total. The maximum absolute atomic E-state index is 12.9. The van der Waals surface area contributed by atoms with Crippen LogP contribution in [0.4, 0.5) is 4.39 Å². The molecule has 0 saturated carbocycles. The van der Waals surface area contributed by atoms with Crippen LogP contribution in [-0.2, 0) is 7.05 Å². The first-order valence-corrected chi connectivity index (χ1v) is 7.29. The van der Waals surface area contributed by atoms with Gasteiger partial charge in [-0.05, 0) is 37.1 Å². The summed E-state index contributed by atoms with van der Waals surface area (Å²) in [6.07, 6.45) is 5.54. The van der Waals surface area contributed by atoms with Gasteiger partial charge in [0.1, 0.15) is 5.82 Å². The van der Waals surface area contributed by atoms with E-state index in [2.05, 4.69) is 10.00 Å². The molecule has 0 amide bonds. The van der Waals surface area contributed by atoms with E-state index >= 15 is 0 Å². The maximum atomic E-state index is 12.9. The average Bonchev–Trinajstić information content (AvgIpc) is 3.08. The smallest absolute Gasteiger partial charge is 0.123 e. The van der Waals surface area contributed by atoms with Crippen LogP contribution >= 0.6 is 0 Å². The molecule has 5 heteroatoms. The van der Waals surface area contributed by atoms with Gasteiger partial charge in [0.05, 0.1) is 12.3 Å². The minimum atomic E-state index is -0.595. The number of benzene rings is 1. The minimum Gasteiger partial charge on any atom is -0.387 e. The Morgan fingerprint density at radius 1 is 1.38 bits per heavy atom. The third-order valence-corrected chi connectivity index (χ3v) is 4.14. The van der Waals surface area contributed by atoms with Crippen molar-refractivity contribution in [3.8, 4) is 0 Å². The van der Waals surface area contributed by atoms with Crippen molar-refractivity contribution in [3.05, 3.63) is 53.6 Å². The van der Waals surface area contributed by atoms with Crippen LogP contribution in [0, 0.1) is 5.82 Å². The molecular formula is C16H20FN3O. The molecule has 0 bridgehead atoms. The molecular weight excluding hydrogens is 269 g/mol. The summed E-state index contributed by atoms with van der Waals surface area (Å²) in [4.78, 5) is 2.28. The molecule has 1 aromatic carbocycles. The predicted octanol–water partition coefficient (Wildman–Crippen LogP) is 2.43. The van der Waals surface area contributed by atoms with Crippen LogP contribution in [-0.4, -0.2) is 32.9 Å². The van der Waals surface area contributed by atoms with Gasteiger partial charge in [0.25, 0.3) is 0 Å². The van der Waals surface area contributed by atoms with Crippen molar-refractivity contribution in [2.75, 3.05) is 13.1 Å². The highest BCUT2D eigenvalue weighted by molar-refractivity contribution is 5.19. The fraction of sp³-hybridized carbons (Fsp3) is 0.438. The normalized spacial score (nSPS) is 20.8. The van der Waals surface area contributed by atoms with Crippen LogP contribution in [0.1, 0.15) is 36.1 Å². The average molecular weight is 289 g/mol. The minimum absolute atomic E-state index is 0.277. The lowest BCUT2D eigenvalue weighted by Crippen LogP contribution is -2.28. The van der Waals surface area contributed by atoms with Crippen LogP contribution in [0.3, 0.4) is 0 Å². The number of aliphatic hydroxyl groups excluding tert-OH is 1. The van der Waals surface area contributed by atoms with Gasteiger partial charge in [-0.25, -0.2) is 4.39 Å². The van der Waals surface area contributed by atoms with Gasteiger partial charge >= 0.3 is 0 Å². The summed E-state index contributed by atoms with van der Waals surface area (Å²) in [6, 6.07) is 6.39. The van der Waals surface area contributed by atoms with Gasteiger partial charge in [-0.15, -0.1) is 0 Å². The van der Waals surface area contributed by atoms with Gasteiger partial charge in [-0.3, -0.25) is 9.58 Å². The Balaban J connectivity index is 1.69. The van der Waals surface area contributed by atoms with E-state index in [1.165, 1.54) is 17.7 Å². The van der Waals surface area contributed by atoms with Gasteiger partial charge in [0.15, 0.2) is 0 Å². The lowest BCUT2D eigenvalue weighted by Gasteiger charge is -2.26. The number of aromatic nitrogens is 2. The molecule has 1 aliphatic rings. The molecule has 0 radical (unpaired) electrons. The standard InChI is InChI=1S/C16H20FN3O/c1-19-10-13(9-18-19)15-3-2-8-20(15)11-16(21)12-4-6-14(17)7-5-12/h4-7,9-10,15-16,21H,2-3,8,11H2,1H3. The highest BCUT2D eigenvalue weighted by Gasteiger charge is 2.28. The molecule has 2 atom stereocenters. The Morgan fingerprint density at radius 2 is 2.14 bits per heavy atom. The molecule has 2 aromatic rings. The summed E-state index contributed by atoms with van der Waals surface area (Å²) < 4.78 is 14.7. The number of halogens is 1. The largest absolute Gasteiger partial charge is 0.387 e. The molecule has 1 N–H and O–H groups in total. The molecule has 2 unspecified atom stereocenters. The number of hydrogen-bond acceptors (Lipinski definition) is 3. The molecule has 1 saturated heterocycles. The third-order valence-electron chi connectivity index (χ3n) is 4.14. The lowest BCUT2D eigenvalue weighted by atomic mass is 10.1. The maximum Gasteiger partial charge on any atom is 0.123 e. The molecule has 1 fully saturated rings. The summed E-state index contributed by atoms with van der Waals surface area (Å²) in [5, 5.41) is 14.6. The van der Waals surface area contributed by atoms with Crippen LogP contribution in [0.2, 0.25) is 0 Å². The van der Waals surface area contributed by atoms with Gasteiger partial charge in [-0.1, -0.05) is 12.1 Å². The Morgan fingerprint density at radius 3 is 2.81 bits per heavy atom. The second kappa shape index (κ2) is 5.95. The van der Waals surface area contributed by atoms with Gasteiger partial charge in [0.2, 0.25) is 0 Å². The molecule has 2 heterocycles. The highest BCUT2D eigenvalue weighted by atomic mass is 19.1. The van der Waals surface area contributed by atoms with E-state index in [-0.39, 0.29) is 5.82 Å². The zero-order valence-electron chi connectivity index (χ0n) is 12.1. The molecule has 1 aliphatic heterocycles. The number of hydrogen-bond donors (Lipinski definition) is 1. The van der Waals surface area contributed by atoms with Crippen molar-refractivity contribution in [2.24, 2.45) is 7.05 Å². The molecule has 21 heavy (non-hydrogen) atoms. The van der Waals surface area contributed by atoms with E-state index < -0.39 is 6.10 Å². The molecule has 112 valence electrons. The summed E-state index contributed by atoms with van der Waals surface area (Å²) in [6.45, 7) is 1.53. The first-order valence-electron chi connectivity index (χ1n) is 7.29. The quantitative estimate of drug-likeness (QED) is 0.940. The topological polar surface area (TPSA) is 41.3 Å². The molecule has 0 spiro atoms. The van der Waals surface area contributed by atoms with Crippen molar-refractivity contribution >= 4 is 0 Å². The first-order chi connectivity index (χ1) is 10.1. The highest BCUT2D eigenvalue weighted by Crippen LogP contribution is 2.33. The second-order valence-electron chi connectivity index (χ2n) is 5.67. The Kier molecular flexibility index (Phi) is 4.03. The number of likely N-dealkylation sites (tertiary alicyclic amines) is 1. The first kappa shape index (κ1) is 14.2. The Labute approximate surface area is 123 Å². The van der Waals surface area contributed by atoms with Gasteiger partial charge in [0, 0.05) is 31.4 Å². The Bertz CT molecular complexity index is 596. The van der Waals surface area contributed by atoms with E-state index in [4.69, 9.17) is 0 Å². The number of β-amino-alcohol motifs (C(OH)–C–C–N with tert-alkyl or cyclic N) is 1. The van der Waals surface area contributed by atoms with Crippen molar-refractivity contribution in [1.29, 1.82) is 0 Å². The monoisotopic (exact) mass is 289 g/mol. The number of rotatable bonds is 4. The van der Waals surface area contributed by atoms with Gasteiger partial charge in [-0.2, -0.15) is 5.10 Å². The van der Waals surface area contributed by atoms with Crippen molar-refractivity contribution in [1.82, 2.24) is 14.7 Å². The summed E-state index contributed by atoms with van der Waals surface area (Å²) in [5.74, 6) is -0.277. The van der Waals surface area contributed by atoms with E-state index in [0.717, 1.165) is 24.9 Å². The fourth-order valence-corrected chi connectivity index (χ4v) is 3.05. The molecule has 0 aliphatic carbocycles. The van der Waals surface area contributed by atoms with Crippen molar-refractivity contribution in [2.45, 2.75) is 25.0 Å². The van der Waals surface area contributed by atoms with Crippen LogP contribution < -0.4 is 0 Å². The fourth-order valence-electron chi connectivity index (χ4n) is 3.05.